The fourth-order valence-electron chi connectivity index (χ4n) is 4.31. The molecule has 25 heavy (non-hydrogen) atoms. The zero-order valence-electron chi connectivity index (χ0n) is 15.2. The zero-order chi connectivity index (χ0) is 17.1. The van der Waals surface area contributed by atoms with Crippen LogP contribution in [0.3, 0.4) is 0 Å². The van der Waals surface area contributed by atoms with Gasteiger partial charge in [-0.25, -0.2) is 0 Å². The summed E-state index contributed by atoms with van der Waals surface area (Å²) in [5, 5.41) is 9.11. The van der Waals surface area contributed by atoms with E-state index in [0.717, 1.165) is 26.2 Å². The molecule has 130 valence electrons. The number of benzene rings is 3. The van der Waals surface area contributed by atoms with E-state index in [-0.39, 0.29) is 0 Å². The van der Waals surface area contributed by atoms with Crippen molar-refractivity contribution in [2.45, 2.75) is 32.2 Å². The first-order valence-electron chi connectivity index (χ1n) is 9.73. The smallest absolute Gasteiger partial charge is 0.0361 e. The van der Waals surface area contributed by atoms with Crippen LogP contribution in [0.25, 0.3) is 21.5 Å². The van der Waals surface area contributed by atoms with E-state index in [1.807, 2.05) is 0 Å². The molecule has 2 nitrogen and oxygen atoms in total. The third kappa shape index (κ3) is 3.29. The summed E-state index contributed by atoms with van der Waals surface area (Å²) in [5.74, 6) is 0. The quantitative estimate of drug-likeness (QED) is 0.652. The van der Waals surface area contributed by atoms with Crippen molar-refractivity contribution in [3.8, 4) is 0 Å². The Bertz CT molecular complexity index is 795. The third-order valence-electron chi connectivity index (χ3n) is 5.57. The van der Waals surface area contributed by atoms with Crippen LogP contribution < -0.4 is 5.32 Å². The van der Waals surface area contributed by atoms with E-state index < -0.39 is 0 Å². The number of unbranched alkanes of at least 4 members (excludes halogenated alkanes) is 1. The van der Waals surface area contributed by atoms with Gasteiger partial charge in [0.25, 0.3) is 0 Å². The first-order chi connectivity index (χ1) is 12.4. The van der Waals surface area contributed by atoms with E-state index in [1.54, 1.807) is 5.56 Å². The lowest BCUT2D eigenvalue weighted by atomic mass is 9.89. The molecule has 0 saturated carbocycles. The van der Waals surface area contributed by atoms with Crippen molar-refractivity contribution in [2.24, 2.45) is 0 Å². The van der Waals surface area contributed by atoms with Gasteiger partial charge in [-0.15, -0.1) is 0 Å². The topological polar surface area (TPSA) is 15.3 Å². The Balaban J connectivity index is 1.92. The van der Waals surface area contributed by atoms with Crippen LogP contribution in [0.15, 0.2) is 54.6 Å². The summed E-state index contributed by atoms with van der Waals surface area (Å²) in [4.78, 5) is 2.71. The second kappa shape index (κ2) is 7.55. The predicted octanol–water partition coefficient (Wildman–Crippen LogP) is 5.13. The van der Waals surface area contributed by atoms with Crippen LogP contribution >= 0.6 is 0 Å². The second-order valence-corrected chi connectivity index (χ2v) is 7.18. The second-order valence-electron chi connectivity index (χ2n) is 7.18. The van der Waals surface area contributed by atoms with Crippen LogP contribution in [-0.4, -0.2) is 31.1 Å². The fourth-order valence-corrected chi connectivity index (χ4v) is 4.31. The molecule has 3 aromatic rings. The highest BCUT2D eigenvalue weighted by atomic mass is 15.2. The van der Waals surface area contributed by atoms with Crippen molar-refractivity contribution in [2.75, 3.05) is 26.2 Å². The van der Waals surface area contributed by atoms with Crippen LogP contribution in [0.2, 0.25) is 0 Å². The van der Waals surface area contributed by atoms with Crippen LogP contribution in [0.4, 0.5) is 0 Å². The van der Waals surface area contributed by atoms with Crippen molar-refractivity contribution in [3.05, 3.63) is 60.2 Å². The van der Waals surface area contributed by atoms with Gasteiger partial charge >= 0.3 is 0 Å². The van der Waals surface area contributed by atoms with Crippen LogP contribution in [0, 0.1) is 0 Å². The summed E-state index contributed by atoms with van der Waals surface area (Å²) in [7, 11) is 0. The molecule has 0 radical (unpaired) electrons. The molecule has 1 saturated heterocycles. The lowest BCUT2D eigenvalue weighted by molar-refractivity contribution is 0.165. The van der Waals surface area contributed by atoms with Gasteiger partial charge in [0.2, 0.25) is 0 Å². The van der Waals surface area contributed by atoms with Gasteiger partial charge in [-0.3, -0.25) is 4.90 Å². The Morgan fingerprint density at radius 3 is 2.12 bits per heavy atom. The lowest BCUT2D eigenvalue weighted by Gasteiger charge is -2.36. The summed E-state index contributed by atoms with van der Waals surface area (Å²) in [5.41, 5.74) is 1.55. The van der Waals surface area contributed by atoms with Crippen LogP contribution in [-0.2, 0) is 0 Å². The highest BCUT2D eigenvalue weighted by Gasteiger charge is 2.25. The molecule has 4 rings (SSSR count). The molecule has 0 spiro atoms. The molecule has 3 aromatic carbocycles. The van der Waals surface area contributed by atoms with E-state index in [0.29, 0.717) is 6.04 Å². The van der Waals surface area contributed by atoms with Gasteiger partial charge < -0.3 is 5.32 Å². The van der Waals surface area contributed by atoms with E-state index in [9.17, 15) is 0 Å². The maximum Gasteiger partial charge on any atom is 0.0361 e. The van der Waals surface area contributed by atoms with Crippen molar-refractivity contribution >= 4 is 21.5 Å². The molecule has 1 fully saturated rings. The number of hydrogen-bond donors (Lipinski definition) is 1. The Morgan fingerprint density at radius 1 is 0.920 bits per heavy atom. The number of nitrogens with one attached hydrogen (secondary N) is 1. The van der Waals surface area contributed by atoms with Crippen LogP contribution in [0.5, 0.6) is 0 Å². The molecule has 1 N–H and O–H groups in total. The minimum atomic E-state index is 0.512. The molecular formula is C23H28N2. The van der Waals surface area contributed by atoms with Crippen molar-refractivity contribution in [3.63, 3.8) is 0 Å². The summed E-state index contributed by atoms with van der Waals surface area (Å²) in [6.07, 6.45) is 3.78. The Hall–Kier alpha value is -1.90. The molecule has 2 heteroatoms. The van der Waals surface area contributed by atoms with Gasteiger partial charge in [-0.2, -0.15) is 0 Å². The number of hydrogen-bond acceptors (Lipinski definition) is 2. The van der Waals surface area contributed by atoms with Gasteiger partial charge in [0.1, 0.15) is 0 Å². The lowest BCUT2D eigenvalue weighted by Crippen LogP contribution is -2.45. The third-order valence-corrected chi connectivity index (χ3v) is 5.57. The zero-order valence-corrected chi connectivity index (χ0v) is 15.2. The molecule has 1 heterocycles. The standard InChI is InChI=1S/C23H28N2/c1-2-3-12-22(25-15-13-24-14-16-25)23-20-10-6-4-8-18(20)17-19-9-5-7-11-21(19)23/h4-11,17,22,24H,2-3,12-16H2,1H3/t22-/m0/s1. The molecule has 1 atom stereocenters. The van der Waals surface area contributed by atoms with Crippen molar-refractivity contribution < 1.29 is 0 Å². The molecular weight excluding hydrogens is 304 g/mol. The summed E-state index contributed by atoms with van der Waals surface area (Å²) >= 11 is 0. The Labute approximate surface area is 150 Å². The highest BCUT2D eigenvalue weighted by Crippen LogP contribution is 2.38. The van der Waals surface area contributed by atoms with Gasteiger partial charge in [-0.1, -0.05) is 68.3 Å². The summed E-state index contributed by atoms with van der Waals surface area (Å²) < 4.78 is 0. The molecule has 1 aliphatic heterocycles. The number of nitrogens with zero attached hydrogens (tertiary/aromatic N) is 1. The molecule has 1 aliphatic rings. The molecule has 0 aliphatic carbocycles. The number of fused-ring (bicyclic) bond motifs is 2. The SMILES string of the molecule is CCCC[C@@H](c1c2ccccc2cc2ccccc12)N1CCNCC1. The molecule has 0 amide bonds. The van der Waals surface area contributed by atoms with E-state index in [1.165, 1.54) is 40.8 Å². The van der Waals surface area contributed by atoms with E-state index in [2.05, 4.69) is 71.7 Å². The molecule has 0 aromatic heterocycles. The normalized spacial score (nSPS) is 17.2. The average Bonchev–Trinajstić information content (AvgIpc) is 2.68. The maximum absolute atomic E-state index is 3.51. The van der Waals surface area contributed by atoms with Crippen LogP contribution in [0.1, 0.15) is 37.8 Å². The number of piperazine rings is 1. The van der Waals surface area contributed by atoms with Crippen molar-refractivity contribution in [1.29, 1.82) is 0 Å². The van der Waals surface area contributed by atoms with Gasteiger partial charge in [-0.05, 0) is 39.6 Å². The summed E-state index contributed by atoms with van der Waals surface area (Å²) in [6.45, 7) is 6.80. The largest absolute Gasteiger partial charge is 0.314 e. The minimum absolute atomic E-state index is 0.512. The minimum Gasteiger partial charge on any atom is -0.314 e. The molecule has 0 bridgehead atoms. The van der Waals surface area contributed by atoms with E-state index >= 15 is 0 Å². The van der Waals surface area contributed by atoms with E-state index in [4.69, 9.17) is 0 Å². The first-order valence-corrected chi connectivity index (χ1v) is 9.73. The predicted molar refractivity (Wildman–Crippen MR) is 108 cm³/mol. The highest BCUT2D eigenvalue weighted by molar-refractivity contribution is 6.02. The fraction of sp³-hybridized carbons (Fsp3) is 0.391. The van der Waals surface area contributed by atoms with Crippen molar-refractivity contribution in [1.82, 2.24) is 10.2 Å². The van der Waals surface area contributed by atoms with Gasteiger partial charge in [0.15, 0.2) is 0 Å². The van der Waals surface area contributed by atoms with Gasteiger partial charge in [0, 0.05) is 32.2 Å². The molecule has 0 unspecified atom stereocenters. The Morgan fingerprint density at radius 2 is 1.52 bits per heavy atom. The Kier molecular flexibility index (Phi) is 5.00. The first kappa shape index (κ1) is 16.6. The summed E-state index contributed by atoms with van der Waals surface area (Å²) in [6, 6.07) is 20.7. The maximum atomic E-state index is 3.51. The van der Waals surface area contributed by atoms with Gasteiger partial charge in [0.05, 0.1) is 0 Å². The number of rotatable bonds is 5. The average molecular weight is 332 g/mol. The monoisotopic (exact) mass is 332 g/mol.